The molecule has 1 heterocycles. The Hall–Kier alpha value is -3.41. The minimum atomic E-state index is -0.325. The van der Waals surface area contributed by atoms with Gasteiger partial charge in [-0.15, -0.1) is 0 Å². The lowest BCUT2D eigenvalue weighted by Gasteiger charge is -2.18. The Bertz CT molecular complexity index is 920. The highest BCUT2D eigenvalue weighted by atomic mass is 16.5. The van der Waals surface area contributed by atoms with Crippen LogP contribution in [0.15, 0.2) is 65.3 Å². The van der Waals surface area contributed by atoms with Gasteiger partial charge in [0, 0.05) is 11.1 Å². The van der Waals surface area contributed by atoms with E-state index in [-0.39, 0.29) is 24.3 Å². The van der Waals surface area contributed by atoms with E-state index in [1.54, 1.807) is 20.3 Å². The van der Waals surface area contributed by atoms with Gasteiger partial charge in [0.1, 0.15) is 23.9 Å². The van der Waals surface area contributed by atoms with Crippen LogP contribution in [0.5, 0.6) is 17.2 Å². The summed E-state index contributed by atoms with van der Waals surface area (Å²) >= 11 is 0. The van der Waals surface area contributed by atoms with Crippen molar-refractivity contribution in [2.75, 3.05) is 14.2 Å². The Balaban J connectivity index is 1.71. The number of benzene rings is 2. The molecule has 1 atom stereocenters. The molecule has 1 amide bonds. The lowest BCUT2D eigenvalue weighted by Crippen LogP contribution is -2.27. The van der Waals surface area contributed by atoms with Gasteiger partial charge in [-0.3, -0.25) is 4.79 Å². The Morgan fingerprint density at radius 2 is 1.82 bits per heavy atom. The fourth-order valence-corrected chi connectivity index (χ4v) is 2.84. The number of para-hydroxylation sites is 1. The van der Waals surface area contributed by atoms with Crippen molar-refractivity contribution in [2.24, 2.45) is 0 Å². The smallest absolute Gasteiger partial charge is 0.287 e. The van der Waals surface area contributed by atoms with E-state index in [2.05, 4.69) is 5.32 Å². The van der Waals surface area contributed by atoms with Crippen LogP contribution in [-0.4, -0.2) is 20.1 Å². The highest BCUT2D eigenvalue weighted by Crippen LogP contribution is 2.29. The Morgan fingerprint density at radius 1 is 1.04 bits per heavy atom. The third-order valence-corrected chi connectivity index (χ3v) is 4.34. The van der Waals surface area contributed by atoms with E-state index in [4.69, 9.17) is 18.6 Å². The molecule has 2 aromatic carbocycles. The normalized spacial score (nSPS) is 11.5. The summed E-state index contributed by atoms with van der Waals surface area (Å²) in [6, 6.07) is 16.3. The van der Waals surface area contributed by atoms with Crippen molar-refractivity contribution >= 4 is 5.91 Å². The molecule has 3 rings (SSSR count). The van der Waals surface area contributed by atoms with Gasteiger partial charge >= 0.3 is 0 Å². The van der Waals surface area contributed by atoms with E-state index in [1.807, 2.05) is 55.5 Å². The van der Waals surface area contributed by atoms with Gasteiger partial charge in [-0.25, -0.2) is 0 Å². The molecule has 0 aliphatic carbocycles. The predicted octanol–water partition coefficient (Wildman–Crippen LogP) is 4.37. The monoisotopic (exact) mass is 381 g/mol. The summed E-state index contributed by atoms with van der Waals surface area (Å²) in [5, 5.41) is 2.94. The van der Waals surface area contributed by atoms with Gasteiger partial charge in [-0.05, 0) is 43.3 Å². The molecule has 1 N–H and O–H groups in total. The van der Waals surface area contributed by atoms with Gasteiger partial charge in [-0.2, -0.15) is 0 Å². The van der Waals surface area contributed by atoms with Crippen molar-refractivity contribution in [2.45, 2.75) is 19.6 Å². The zero-order valence-corrected chi connectivity index (χ0v) is 16.1. The van der Waals surface area contributed by atoms with Gasteiger partial charge in [0.2, 0.25) is 0 Å². The number of hydrogen-bond donors (Lipinski definition) is 1. The molecule has 0 spiro atoms. The second kappa shape index (κ2) is 8.99. The molecule has 0 radical (unpaired) electrons. The molecule has 0 bridgehead atoms. The Kier molecular flexibility index (Phi) is 6.22. The lowest BCUT2D eigenvalue weighted by atomic mass is 10.1. The molecule has 0 aliphatic heterocycles. The van der Waals surface area contributed by atoms with Crippen LogP contribution in [0.3, 0.4) is 0 Å². The molecule has 0 saturated heterocycles. The van der Waals surface area contributed by atoms with Crippen LogP contribution < -0.4 is 19.5 Å². The molecular weight excluding hydrogens is 358 g/mol. The number of carbonyl (C=O) groups is 1. The van der Waals surface area contributed by atoms with Crippen LogP contribution in [0.1, 0.15) is 34.6 Å². The molecule has 6 nitrogen and oxygen atoms in total. The van der Waals surface area contributed by atoms with Gasteiger partial charge < -0.3 is 23.9 Å². The van der Waals surface area contributed by atoms with Gasteiger partial charge in [-0.1, -0.05) is 18.2 Å². The third-order valence-electron chi connectivity index (χ3n) is 4.34. The number of nitrogens with one attached hydrogen (secondary N) is 1. The average Bonchev–Trinajstić information content (AvgIpc) is 3.21. The van der Waals surface area contributed by atoms with Crippen LogP contribution in [0.4, 0.5) is 0 Å². The van der Waals surface area contributed by atoms with E-state index in [9.17, 15) is 4.79 Å². The van der Waals surface area contributed by atoms with E-state index in [0.29, 0.717) is 17.1 Å². The fourth-order valence-electron chi connectivity index (χ4n) is 2.84. The maximum atomic E-state index is 12.7. The van der Waals surface area contributed by atoms with Crippen molar-refractivity contribution in [3.05, 3.63) is 77.7 Å². The first kappa shape index (κ1) is 19.4. The van der Waals surface area contributed by atoms with Crippen LogP contribution >= 0.6 is 0 Å². The van der Waals surface area contributed by atoms with Gasteiger partial charge in [0.25, 0.3) is 5.91 Å². The molecule has 3 aromatic rings. The standard InChI is InChI=1S/C22H23NO5/c1-15(19-13-18(25-2)9-10-20(19)26-3)23-22(24)21-16(11-12-27-21)14-28-17-7-5-4-6-8-17/h4-13,15H,14H2,1-3H3,(H,23,24)/t15-/m0/s1. The second-order valence-corrected chi connectivity index (χ2v) is 6.18. The number of furan rings is 1. The first-order valence-corrected chi connectivity index (χ1v) is 8.89. The topological polar surface area (TPSA) is 69.9 Å². The zero-order valence-electron chi connectivity index (χ0n) is 16.1. The van der Waals surface area contributed by atoms with Crippen LogP contribution in [0.2, 0.25) is 0 Å². The number of rotatable bonds is 8. The molecule has 146 valence electrons. The number of amides is 1. The summed E-state index contributed by atoms with van der Waals surface area (Å²) in [6.07, 6.45) is 1.48. The molecule has 0 fully saturated rings. The van der Waals surface area contributed by atoms with Crippen molar-refractivity contribution in [1.29, 1.82) is 0 Å². The van der Waals surface area contributed by atoms with E-state index >= 15 is 0 Å². The van der Waals surface area contributed by atoms with E-state index < -0.39 is 0 Å². The fraction of sp³-hybridized carbons (Fsp3) is 0.227. The molecule has 28 heavy (non-hydrogen) atoms. The highest BCUT2D eigenvalue weighted by Gasteiger charge is 2.20. The number of methoxy groups -OCH3 is 2. The number of ether oxygens (including phenoxy) is 3. The molecule has 0 saturated carbocycles. The lowest BCUT2D eigenvalue weighted by molar-refractivity contribution is 0.0908. The maximum Gasteiger partial charge on any atom is 0.287 e. The summed E-state index contributed by atoms with van der Waals surface area (Å²) in [6.45, 7) is 2.11. The van der Waals surface area contributed by atoms with Gasteiger partial charge in [0.05, 0.1) is 26.5 Å². The van der Waals surface area contributed by atoms with Crippen LogP contribution in [0, 0.1) is 0 Å². The number of carbonyl (C=O) groups excluding carboxylic acids is 1. The molecule has 0 unspecified atom stereocenters. The molecule has 1 aromatic heterocycles. The summed E-state index contributed by atoms with van der Waals surface area (Å²) < 4.78 is 21.8. The first-order valence-electron chi connectivity index (χ1n) is 8.89. The third kappa shape index (κ3) is 4.46. The maximum absolute atomic E-state index is 12.7. The van der Waals surface area contributed by atoms with Crippen molar-refractivity contribution < 1.29 is 23.4 Å². The van der Waals surface area contributed by atoms with Gasteiger partial charge in [0.15, 0.2) is 5.76 Å². The van der Waals surface area contributed by atoms with E-state index in [1.165, 1.54) is 6.26 Å². The summed E-state index contributed by atoms with van der Waals surface area (Å²) in [5.74, 6) is 1.98. The minimum Gasteiger partial charge on any atom is -0.497 e. The Morgan fingerprint density at radius 3 is 2.54 bits per heavy atom. The first-order chi connectivity index (χ1) is 13.6. The quantitative estimate of drug-likeness (QED) is 0.628. The SMILES string of the molecule is COc1ccc(OC)c([C@H](C)NC(=O)c2occc2COc2ccccc2)c1. The highest BCUT2D eigenvalue weighted by molar-refractivity contribution is 5.93. The van der Waals surface area contributed by atoms with Crippen molar-refractivity contribution in [3.8, 4) is 17.2 Å². The molecule has 6 heteroatoms. The van der Waals surface area contributed by atoms with Crippen molar-refractivity contribution in [1.82, 2.24) is 5.32 Å². The number of hydrogen-bond acceptors (Lipinski definition) is 5. The molecular formula is C22H23NO5. The minimum absolute atomic E-state index is 0.227. The Labute approximate surface area is 164 Å². The van der Waals surface area contributed by atoms with Crippen LogP contribution in [-0.2, 0) is 6.61 Å². The summed E-state index contributed by atoms with van der Waals surface area (Å²) in [5.41, 5.74) is 1.48. The molecule has 0 aliphatic rings. The zero-order chi connectivity index (χ0) is 19.9. The van der Waals surface area contributed by atoms with Crippen LogP contribution in [0.25, 0.3) is 0 Å². The van der Waals surface area contributed by atoms with Crippen molar-refractivity contribution in [3.63, 3.8) is 0 Å². The van der Waals surface area contributed by atoms with E-state index in [0.717, 1.165) is 11.3 Å². The largest absolute Gasteiger partial charge is 0.497 e. The predicted molar refractivity (Wildman–Crippen MR) is 105 cm³/mol. The average molecular weight is 381 g/mol. The summed E-state index contributed by atoms with van der Waals surface area (Å²) in [7, 11) is 3.18. The summed E-state index contributed by atoms with van der Waals surface area (Å²) in [4.78, 5) is 12.7. The second-order valence-electron chi connectivity index (χ2n) is 6.18.